The number of amides is 1. The highest BCUT2D eigenvalue weighted by atomic mass is 32.7. The average molecular weight is 480 g/mol. The monoisotopic (exact) mass is 479 g/mol. The number of hydrogen-bond acceptors (Lipinski definition) is 10. The summed E-state index contributed by atoms with van der Waals surface area (Å²) in [7, 11) is 3.65. The van der Waals surface area contributed by atoms with Crippen LogP contribution in [0.5, 0.6) is 0 Å². The molecule has 0 radical (unpaired) electrons. The van der Waals surface area contributed by atoms with Crippen molar-refractivity contribution in [3.8, 4) is 0 Å². The van der Waals surface area contributed by atoms with Crippen LogP contribution in [0.4, 0.5) is 0 Å². The molecule has 1 aliphatic heterocycles. The second-order valence-corrected chi connectivity index (χ2v) is 8.96. The molecule has 1 rings (SSSR count). The van der Waals surface area contributed by atoms with E-state index in [1.807, 2.05) is 28.8 Å². The Morgan fingerprint density at radius 1 is 1.42 bits per heavy atom. The Balaban J connectivity index is 2.86. The van der Waals surface area contributed by atoms with Crippen molar-refractivity contribution in [1.29, 1.82) is 0 Å². The Bertz CT molecular complexity index is 639. The summed E-state index contributed by atoms with van der Waals surface area (Å²) in [5.41, 5.74) is 0.516. The SMILES string of the molecule is C/N=C\N(/C(=C(\C)C=O)N(C)CN(C)CCNC(=O)CO)C1CCC(COP(O)S)O1. The molecule has 0 aromatic heterocycles. The second kappa shape index (κ2) is 14.7. The zero-order valence-corrected chi connectivity index (χ0v) is 20.3. The summed E-state index contributed by atoms with van der Waals surface area (Å²) in [6, 6.07) is 0. The van der Waals surface area contributed by atoms with E-state index in [9.17, 15) is 14.5 Å². The fourth-order valence-corrected chi connectivity index (χ4v) is 3.75. The van der Waals surface area contributed by atoms with E-state index in [0.29, 0.717) is 37.6 Å². The first-order chi connectivity index (χ1) is 14.7. The maximum atomic E-state index is 11.6. The molecule has 3 N–H and O–H groups in total. The molecule has 31 heavy (non-hydrogen) atoms. The maximum absolute atomic E-state index is 11.6. The highest BCUT2D eigenvalue weighted by Crippen LogP contribution is 2.37. The normalized spacial score (nSPS) is 20.6. The number of nitrogens with one attached hydrogen (secondary N) is 1. The van der Waals surface area contributed by atoms with E-state index >= 15 is 0 Å². The summed E-state index contributed by atoms with van der Waals surface area (Å²) in [6.45, 7) is 2.84. The summed E-state index contributed by atoms with van der Waals surface area (Å²) in [5, 5.41) is 11.4. The van der Waals surface area contributed by atoms with Gasteiger partial charge < -0.3 is 29.5 Å². The zero-order chi connectivity index (χ0) is 23.4. The van der Waals surface area contributed by atoms with Gasteiger partial charge in [-0.3, -0.25) is 24.4 Å². The first kappa shape index (κ1) is 27.8. The molecule has 1 fully saturated rings. The highest BCUT2D eigenvalue weighted by Gasteiger charge is 2.33. The first-order valence-electron chi connectivity index (χ1n) is 9.83. The molecule has 0 aromatic rings. The van der Waals surface area contributed by atoms with Crippen molar-refractivity contribution in [2.24, 2.45) is 4.99 Å². The lowest BCUT2D eigenvalue weighted by atomic mass is 10.2. The van der Waals surface area contributed by atoms with Gasteiger partial charge in [0.25, 0.3) is 0 Å². The van der Waals surface area contributed by atoms with E-state index in [1.54, 1.807) is 20.3 Å². The number of aliphatic hydroxyl groups is 1. The number of allylic oxidation sites excluding steroid dienone is 1. The summed E-state index contributed by atoms with van der Waals surface area (Å²) in [6.07, 6.45) is 3.32. The molecule has 1 saturated heterocycles. The zero-order valence-electron chi connectivity index (χ0n) is 18.5. The van der Waals surface area contributed by atoms with Crippen molar-refractivity contribution >= 4 is 38.4 Å². The van der Waals surface area contributed by atoms with Crippen molar-refractivity contribution in [2.45, 2.75) is 32.1 Å². The van der Waals surface area contributed by atoms with E-state index in [4.69, 9.17) is 14.4 Å². The molecule has 178 valence electrons. The predicted octanol–water partition coefficient (Wildman–Crippen LogP) is -0.0228. The summed E-state index contributed by atoms with van der Waals surface area (Å²) < 4.78 is 11.3. The third kappa shape index (κ3) is 9.82. The molecular weight excluding hydrogens is 445 g/mol. The number of thiol groups is 1. The fourth-order valence-electron chi connectivity index (χ4n) is 3.25. The van der Waals surface area contributed by atoms with Crippen LogP contribution in [0.15, 0.2) is 16.4 Å². The molecule has 13 heteroatoms. The van der Waals surface area contributed by atoms with Gasteiger partial charge in [-0.15, -0.1) is 0 Å². The van der Waals surface area contributed by atoms with Gasteiger partial charge in [-0.2, -0.15) is 0 Å². The average Bonchev–Trinajstić information content (AvgIpc) is 3.20. The molecular formula is C18H34N5O6PS. The van der Waals surface area contributed by atoms with Crippen molar-refractivity contribution in [1.82, 2.24) is 20.0 Å². The van der Waals surface area contributed by atoms with Gasteiger partial charge in [-0.25, -0.2) is 0 Å². The van der Waals surface area contributed by atoms with Crippen LogP contribution in [-0.2, 0) is 18.8 Å². The van der Waals surface area contributed by atoms with Crippen molar-refractivity contribution < 1.29 is 28.8 Å². The third-order valence-electron chi connectivity index (χ3n) is 4.56. The number of nitrogens with zero attached hydrogens (tertiary/aromatic N) is 4. The van der Waals surface area contributed by atoms with Gasteiger partial charge in [0.05, 0.1) is 25.7 Å². The number of aliphatic hydroxyl groups excluding tert-OH is 1. The van der Waals surface area contributed by atoms with Gasteiger partial charge in [-0.1, -0.05) is 12.2 Å². The van der Waals surface area contributed by atoms with Crippen molar-refractivity contribution in [3.05, 3.63) is 11.4 Å². The molecule has 0 spiro atoms. The topological polar surface area (TPSA) is 127 Å². The van der Waals surface area contributed by atoms with Crippen LogP contribution in [0, 0.1) is 0 Å². The van der Waals surface area contributed by atoms with Gasteiger partial charge in [0.2, 0.25) is 13.5 Å². The lowest BCUT2D eigenvalue weighted by molar-refractivity contribution is -0.123. The Morgan fingerprint density at radius 3 is 2.71 bits per heavy atom. The van der Waals surface area contributed by atoms with E-state index in [0.717, 1.165) is 12.7 Å². The van der Waals surface area contributed by atoms with E-state index in [1.165, 1.54) is 0 Å². The van der Waals surface area contributed by atoms with Crippen molar-refractivity contribution in [2.75, 3.05) is 54.1 Å². The van der Waals surface area contributed by atoms with Gasteiger partial charge in [0.1, 0.15) is 24.9 Å². The quantitative estimate of drug-likeness (QED) is 0.0517. The number of carbonyl (C=O) groups is 2. The number of aldehydes is 1. The second-order valence-electron chi connectivity index (χ2n) is 7.17. The van der Waals surface area contributed by atoms with Crippen LogP contribution >= 0.6 is 19.8 Å². The minimum atomic E-state index is -1.74. The van der Waals surface area contributed by atoms with Crippen LogP contribution < -0.4 is 5.32 Å². The van der Waals surface area contributed by atoms with Crippen LogP contribution in [0.1, 0.15) is 19.8 Å². The summed E-state index contributed by atoms with van der Waals surface area (Å²) >= 11 is 3.86. The van der Waals surface area contributed by atoms with Crippen LogP contribution in [0.25, 0.3) is 0 Å². The molecule has 0 bridgehead atoms. The van der Waals surface area contributed by atoms with Crippen LogP contribution in [-0.4, -0.2) is 110 Å². The Labute approximate surface area is 190 Å². The van der Waals surface area contributed by atoms with E-state index < -0.39 is 20.1 Å². The number of carbonyl (C=O) groups excluding carboxylic acids is 2. The van der Waals surface area contributed by atoms with Crippen molar-refractivity contribution in [3.63, 3.8) is 0 Å². The first-order valence-corrected chi connectivity index (χ1v) is 12.2. The lowest BCUT2D eigenvalue weighted by Gasteiger charge is -2.37. The molecule has 1 amide bonds. The summed E-state index contributed by atoms with van der Waals surface area (Å²) in [5.74, 6) is 0.227. The minimum absolute atomic E-state index is 0.192. The molecule has 0 aromatic carbocycles. The molecule has 3 atom stereocenters. The van der Waals surface area contributed by atoms with Gasteiger partial charge in [0, 0.05) is 32.8 Å². The number of rotatable bonds is 14. The summed E-state index contributed by atoms with van der Waals surface area (Å²) in [4.78, 5) is 41.9. The van der Waals surface area contributed by atoms with Gasteiger partial charge in [-0.05, 0) is 26.8 Å². The van der Waals surface area contributed by atoms with Crippen LogP contribution in [0.3, 0.4) is 0 Å². The van der Waals surface area contributed by atoms with Crippen LogP contribution in [0.2, 0.25) is 0 Å². The largest absolute Gasteiger partial charge is 0.387 e. The van der Waals surface area contributed by atoms with E-state index in [-0.39, 0.29) is 18.9 Å². The fraction of sp³-hybridized carbons (Fsp3) is 0.722. The number of aliphatic imine (C=N–C) groups is 1. The Hall–Kier alpha value is -1.27. The number of likely N-dealkylation sites (N-methyl/N-ethyl adjacent to an activating group) is 1. The Morgan fingerprint density at radius 2 is 2.13 bits per heavy atom. The maximum Gasteiger partial charge on any atom is 0.245 e. The third-order valence-corrected chi connectivity index (χ3v) is 5.29. The molecule has 11 nitrogen and oxygen atoms in total. The van der Waals surface area contributed by atoms with Gasteiger partial charge in [0.15, 0.2) is 0 Å². The predicted molar refractivity (Wildman–Crippen MR) is 122 cm³/mol. The van der Waals surface area contributed by atoms with E-state index in [2.05, 4.69) is 22.6 Å². The highest BCUT2D eigenvalue weighted by molar-refractivity contribution is 8.41. The molecule has 1 aliphatic rings. The smallest absolute Gasteiger partial charge is 0.245 e. The minimum Gasteiger partial charge on any atom is -0.387 e. The standard InChI is InChI=1S/C18H34N5O6PS/c1-14(9-24)18(22(4)13-21(3)8-7-20-16(26)10-25)23(12-19-2)17-6-5-15(29-17)11-28-30(27)31/h9,12,15,17,25,27,31H,5-8,10-11,13H2,1-4H3,(H,20,26)/b18-14+,19-12-. The van der Waals surface area contributed by atoms with Gasteiger partial charge >= 0.3 is 0 Å². The lowest BCUT2D eigenvalue weighted by Crippen LogP contribution is -2.45. The molecule has 0 saturated carbocycles. The molecule has 0 aliphatic carbocycles. The number of ether oxygens (including phenoxy) is 1. The molecule has 3 unspecified atom stereocenters. The Kier molecular flexibility index (Phi) is 13.2. The molecule has 1 heterocycles. The number of hydrogen-bond donors (Lipinski definition) is 4.